The Kier molecular flexibility index (Phi) is 4.40. The van der Waals surface area contributed by atoms with Crippen molar-refractivity contribution in [3.8, 4) is 0 Å². The summed E-state index contributed by atoms with van der Waals surface area (Å²) >= 11 is 1.33. The molecule has 0 saturated heterocycles. The third kappa shape index (κ3) is 3.06. The Morgan fingerprint density at radius 2 is 1.92 bits per heavy atom. The fourth-order valence-corrected chi connectivity index (χ4v) is 6.00. The van der Waals surface area contributed by atoms with Gasteiger partial charge < -0.3 is 5.73 Å². The van der Waals surface area contributed by atoms with Crippen LogP contribution in [0.1, 0.15) is 44.8 Å². The topological polar surface area (TPSA) is 89.3 Å². The number of sulfonamides is 1. The van der Waals surface area contributed by atoms with Crippen LogP contribution in [-0.4, -0.2) is 14.3 Å². The van der Waals surface area contributed by atoms with Crippen LogP contribution in [0.15, 0.2) is 23.1 Å². The molecule has 0 unspecified atom stereocenters. The molecule has 2 aromatic rings. The maximum absolute atomic E-state index is 12.8. The van der Waals surface area contributed by atoms with Crippen molar-refractivity contribution in [2.75, 3.05) is 4.72 Å². The highest BCUT2D eigenvalue weighted by molar-refractivity contribution is 7.93. The number of nitrogens with one attached hydrogen (secondary N) is 1. The van der Waals surface area contributed by atoms with Crippen molar-refractivity contribution in [1.29, 1.82) is 0 Å². The fraction of sp³-hybridized carbons (Fsp3) is 0.353. The number of aryl methyl sites for hydroxylation is 3. The van der Waals surface area contributed by atoms with E-state index in [2.05, 4.69) is 4.72 Å². The van der Waals surface area contributed by atoms with E-state index in [0.29, 0.717) is 16.1 Å². The average Bonchev–Trinajstić information content (AvgIpc) is 2.83. The molecule has 3 rings (SSSR count). The van der Waals surface area contributed by atoms with E-state index in [1.165, 1.54) is 11.3 Å². The molecule has 0 aliphatic heterocycles. The van der Waals surface area contributed by atoms with Crippen LogP contribution >= 0.6 is 11.3 Å². The lowest BCUT2D eigenvalue weighted by Crippen LogP contribution is -2.19. The van der Waals surface area contributed by atoms with Crippen LogP contribution in [0.5, 0.6) is 0 Å². The fourth-order valence-electron chi connectivity index (χ4n) is 3.18. The highest BCUT2D eigenvalue weighted by Crippen LogP contribution is 2.39. The minimum absolute atomic E-state index is 0.217. The molecule has 0 radical (unpaired) electrons. The minimum atomic E-state index is -3.76. The van der Waals surface area contributed by atoms with Crippen LogP contribution in [0.2, 0.25) is 0 Å². The zero-order chi connectivity index (χ0) is 17.5. The van der Waals surface area contributed by atoms with E-state index in [-0.39, 0.29) is 4.90 Å². The Morgan fingerprint density at radius 3 is 2.58 bits per heavy atom. The number of thiophene rings is 1. The second-order valence-electron chi connectivity index (χ2n) is 6.15. The van der Waals surface area contributed by atoms with Gasteiger partial charge in [0.15, 0.2) is 0 Å². The van der Waals surface area contributed by atoms with Gasteiger partial charge in [-0.3, -0.25) is 9.52 Å². The molecule has 128 valence electrons. The van der Waals surface area contributed by atoms with Crippen molar-refractivity contribution >= 4 is 32.3 Å². The molecule has 0 saturated carbocycles. The summed E-state index contributed by atoms with van der Waals surface area (Å²) in [6, 6.07) is 5.17. The maximum Gasteiger partial charge on any atom is 0.262 e. The number of benzene rings is 1. The number of hydrogen-bond acceptors (Lipinski definition) is 4. The molecule has 0 spiro atoms. The van der Waals surface area contributed by atoms with Crippen molar-refractivity contribution in [1.82, 2.24) is 0 Å². The molecule has 1 aliphatic carbocycles. The quantitative estimate of drug-likeness (QED) is 0.873. The van der Waals surface area contributed by atoms with Crippen LogP contribution in [0.4, 0.5) is 5.00 Å². The van der Waals surface area contributed by atoms with Crippen molar-refractivity contribution in [2.45, 2.75) is 44.4 Å². The molecule has 24 heavy (non-hydrogen) atoms. The smallest absolute Gasteiger partial charge is 0.262 e. The number of nitrogens with two attached hydrogens (primary N) is 1. The number of fused-ring (bicyclic) bond motifs is 1. The van der Waals surface area contributed by atoms with Gasteiger partial charge in [-0.25, -0.2) is 8.42 Å². The van der Waals surface area contributed by atoms with Gasteiger partial charge in [-0.2, -0.15) is 0 Å². The molecule has 1 heterocycles. The summed E-state index contributed by atoms with van der Waals surface area (Å²) in [5.74, 6) is -0.576. The molecular formula is C17H20N2O3S2. The SMILES string of the molecule is Cc1ccc(S(=O)(=O)Nc2sc3c(c2C(N)=O)CCCC3)c(C)c1. The predicted octanol–water partition coefficient (Wildman–Crippen LogP) is 3.14. The first kappa shape index (κ1) is 17.0. The lowest BCUT2D eigenvalue weighted by Gasteiger charge is -2.12. The summed E-state index contributed by atoms with van der Waals surface area (Å²) in [5.41, 5.74) is 8.44. The normalized spacial score (nSPS) is 14.2. The van der Waals surface area contributed by atoms with Crippen LogP contribution in [0.3, 0.4) is 0 Å². The average molecular weight is 364 g/mol. The van der Waals surface area contributed by atoms with Gasteiger partial charge in [0, 0.05) is 4.88 Å². The number of amides is 1. The summed E-state index contributed by atoms with van der Waals surface area (Å²) in [6.45, 7) is 3.67. The molecular weight excluding hydrogens is 344 g/mol. The van der Waals surface area contributed by atoms with Gasteiger partial charge in [0.1, 0.15) is 5.00 Å². The first-order valence-electron chi connectivity index (χ1n) is 7.84. The highest BCUT2D eigenvalue weighted by Gasteiger charge is 2.27. The Balaban J connectivity index is 2.04. The van der Waals surface area contributed by atoms with E-state index in [9.17, 15) is 13.2 Å². The summed E-state index contributed by atoms with van der Waals surface area (Å²) in [6.07, 6.45) is 3.68. The zero-order valence-electron chi connectivity index (χ0n) is 13.7. The van der Waals surface area contributed by atoms with Crippen LogP contribution in [0.25, 0.3) is 0 Å². The maximum atomic E-state index is 12.8. The van der Waals surface area contributed by atoms with Gasteiger partial charge in [-0.05, 0) is 56.7 Å². The summed E-state index contributed by atoms with van der Waals surface area (Å²) in [5, 5.41) is 0.342. The monoisotopic (exact) mass is 364 g/mol. The molecule has 3 N–H and O–H groups in total. The molecule has 1 amide bonds. The van der Waals surface area contributed by atoms with Gasteiger partial charge in [-0.1, -0.05) is 17.7 Å². The number of carbonyl (C=O) groups excluding carboxylic acids is 1. The molecule has 0 fully saturated rings. The first-order valence-corrected chi connectivity index (χ1v) is 10.1. The third-order valence-electron chi connectivity index (χ3n) is 4.26. The highest BCUT2D eigenvalue weighted by atomic mass is 32.2. The van der Waals surface area contributed by atoms with Crippen molar-refractivity contribution in [3.05, 3.63) is 45.3 Å². The Bertz CT molecular complexity index is 914. The summed E-state index contributed by atoms with van der Waals surface area (Å²) in [4.78, 5) is 13.2. The minimum Gasteiger partial charge on any atom is -0.365 e. The number of anilines is 1. The number of hydrogen-bond donors (Lipinski definition) is 2. The van der Waals surface area contributed by atoms with Crippen molar-refractivity contribution in [3.63, 3.8) is 0 Å². The Morgan fingerprint density at radius 1 is 1.21 bits per heavy atom. The number of primary amides is 1. The summed E-state index contributed by atoms with van der Waals surface area (Å²) in [7, 11) is -3.76. The lowest BCUT2D eigenvalue weighted by atomic mass is 9.95. The largest absolute Gasteiger partial charge is 0.365 e. The van der Waals surface area contributed by atoms with E-state index in [0.717, 1.165) is 41.7 Å². The second-order valence-corrected chi connectivity index (χ2v) is 8.91. The van der Waals surface area contributed by atoms with E-state index < -0.39 is 15.9 Å². The second kappa shape index (κ2) is 6.22. The van der Waals surface area contributed by atoms with Gasteiger partial charge >= 0.3 is 0 Å². The zero-order valence-corrected chi connectivity index (χ0v) is 15.3. The summed E-state index contributed by atoms with van der Waals surface area (Å²) < 4.78 is 28.1. The molecule has 1 aliphatic rings. The lowest BCUT2D eigenvalue weighted by molar-refractivity contribution is 0.100. The third-order valence-corrected chi connectivity index (χ3v) is 7.11. The van der Waals surface area contributed by atoms with E-state index in [1.807, 2.05) is 13.0 Å². The van der Waals surface area contributed by atoms with Crippen molar-refractivity contribution < 1.29 is 13.2 Å². The van der Waals surface area contributed by atoms with Gasteiger partial charge in [-0.15, -0.1) is 11.3 Å². The molecule has 0 atom stereocenters. The predicted molar refractivity (Wildman–Crippen MR) is 96.2 cm³/mol. The number of carbonyl (C=O) groups is 1. The Hall–Kier alpha value is -1.86. The number of rotatable bonds is 4. The van der Waals surface area contributed by atoms with Crippen LogP contribution in [0, 0.1) is 13.8 Å². The van der Waals surface area contributed by atoms with E-state index >= 15 is 0 Å². The van der Waals surface area contributed by atoms with E-state index in [4.69, 9.17) is 5.73 Å². The molecule has 0 bridgehead atoms. The van der Waals surface area contributed by atoms with Gasteiger partial charge in [0.2, 0.25) is 0 Å². The van der Waals surface area contributed by atoms with Gasteiger partial charge in [0.25, 0.3) is 15.9 Å². The van der Waals surface area contributed by atoms with Crippen LogP contribution < -0.4 is 10.5 Å². The standard InChI is InChI=1S/C17H20N2O3S2/c1-10-7-8-14(11(2)9-10)24(21,22)19-17-15(16(18)20)12-5-3-4-6-13(12)23-17/h7-9,19H,3-6H2,1-2H3,(H2,18,20). The molecule has 5 nitrogen and oxygen atoms in total. The van der Waals surface area contributed by atoms with Crippen LogP contribution in [-0.2, 0) is 22.9 Å². The van der Waals surface area contributed by atoms with E-state index in [1.54, 1.807) is 19.1 Å². The first-order chi connectivity index (χ1) is 11.3. The molecule has 1 aromatic heterocycles. The van der Waals surface area contributed by atoms with Gasteiger partial charge in [0.05, 0.1) is 10.5 Å². The molecule has 7 heteroatoms. The Labute approximate surface area is 145 Å². The molecule has 1 aromatic carbocycles. The van der Waals surface area contributed by atoms with Crippen molar-refractivity contribution in [2.24, 2.45) is 5.73 Å².